The number of aromatic nitrogens is 1. The Labute approximate surface area is 119 Å². The Bertz CT molecular complexity index is 523. The zero-order valence-electron chi connectivity index (χ0n) is 11.1. The number of halogens is 1. The van der Waals surface area contributed by atoms with Crippen molar-refractivity contribution in [3.05, 3.63) is 22.8 Å². The van der Waals surface area contributed by atoms with Crippen molar-refractivity contribution >= 4 is 17.4 Å². The smallest absolute Gasteiger partial charge is 0.148 e. The lowest BCUT2D eigenvalue weighted by atomic mass is 9.88. The minimum absolute atomic E-state index is 0.482. The lowest BCUT2D eigenvalue weighted by Crippen LogP contribution is -2.29. The first-order valence-electron chi connectivity index (χ1n) is 6.94. The second-order valence-corrected chi connectivity index (χ2v) is 6.30. The second kappa shape index (κ2) is 5.02. The zero-order chi connectivity index (χ0) is 13.4. The van der Waals surface area contributed by atoms with E-state index in [2.05, 4.69) is 16.0 Å². The second-order valence-electron chi connectivity index (χ2n) is 5.92. The van der Waals surface area contributed by atoms with Crippen LogP contribution in [-0.4, -0.2) is 18.6 Å². The maximum absolute atomic E-state index is 9.01. The maximum Gasteiger partial charge on any atom is 0.148 e. The molecule has 1 heterocycles. The number of rotatable bonds is 3. The van der Waals surface area contributed by atoms with Crippen LogP contribution in [0.25, 0.3) is 0 Å². The van der Waals surface area contributed by atoms with Crippen LogP contribution in [0.4, 0.5) is 5.82 Å². The van der Waals surface area contributed by atoms with Gasteiger partial charge in [0.1, 0.15) is 16.9 Å². The van der Waals surface area contributed by atoms with Gasteiger partial charge in [0.05, 0.1) is 5.56 Å². The summed E-state index contributed by atoms with van der Waals surface area (Å²) in [6.07, 6.45) is 7.25. The quantitative estimate of drug-likeness (QED) is 0.848. The molecule has 2 aliphatic rings. The summed E-state index contributed by atoms with van der Waals surface area (Å²) in [6, 6.07) is 3.78. The molecule has 2 fully saturated rings. The van der Waals surface area contributed by atoms with Gasteiger partial charge in [0.2, 0.25) is 0 Å². The molecule has 100 valence electrons. The van der Waals surface area contributed by atoms with Crippen LogP contribution >= 0.6 is 11.6 Å². The van der Waals surface area contributed by atoms with E-state index in [1.807, 2.05) is 7.05 Å². The molecule has 2 saturated carbocycles. The first-order valence-corrected chi connectivity index (χ1v) is 7.32. The van der Waals surface area contributed by atoms with E-state index >= 15 is 0 Å². The van der Waals surface area contributed by atoms with Crippen molar-refractivity contribution in [2.24, 2.45) is 17.8 Å². The van der Waals surface area contributed by atoms with E-state index in [-0.39, 0.29) is 0 Å². The first kappa shape index (κ1) is 12.7. The minimum Gasteiger partial charge on any atom is -0.358 e. The van der Waals surface area contributed by atoms with Crippen LogP contribution < -0.4 is 4.90 Å². The van der Waals surface area contributed by atoms with E-state index < -0.39 is 0 Å². The fraction of sp³-hybridized carbons (Fsp3) is 0.600. The van der Waals surface area contributed by atoms with E-state index in [0.29, 0.717) is 10.6 Å². The van der Waals surface area contributed by atoms with Crippen LogP contribution in [-0.2, 0) is 0 Å². The number of nitriles is 1. The number of nitrogens with zero attached hydrogens (tertiary/aromatic N) is 3. The van der Waals surface area contributed by atoms with Crippen LogP contribution in [0, 0.1) is 29.1 Å². The van der Waals surface area contributed by atoms with Gasteiger partial charge in [-0.15, -0.1) is 0 Å². The summed E-state index contributed by atoms with van der Waals surface area (Å²) in [5.74, 6) is 3.36. The maximum atomic E-state index is 9.01. The first-order chi connectivity index (χ1) is 9.19. The Kier molecular flexibility index (Phi) is 3.36. The van der Waals surface area contributed by atoms with Gasteiger partial charge in [0, 0.05) is 19.8 Å². The topological polar surface area (TPSA) is 39.9 Å². The van der Waals surface area contributed by atoms with Gasteiger partial charge >= 0.3 is 0 Å². The number of fused-ring (bicyclic) bond motifs is 2. The average molecular weight is 276 g/mol. The number of pyridine rings is 1. The summed E-state index contributed by atoms with van der Waals surface area (Å²) in [4.78, 5) is 6.45. The third kappa shape index (κ3) is 2.30. The molecule has 3 atom stereocenters. The van der Waals surface area contributed by atoms with Gasteiger partial charge in [0.25, 0.3) is 0 Å². The summed E-state index contributed by atoms with van der Waals surface area (Å²) >= 11 is 6.24. The van der Waals surface area contributed by atoms with Gasteiger partial charge in [-0.2, -0.15) is 5.26 Å². The monoisotopic (exact) mass is 275 g/mol. The molecular formula is C15H18ClN3. The predicted octanol–water partition coefficient (Wildman–Crippen LogP) is 3.48. The van der Waals surface area contributed by atoms with Gasteiger partial charge < -0.3 is 4.90 Å². The highest BCUT2D eigenvalue weighted by atomic mass is 35.5. The summed E-state index contributed by atoms with van der Waals surface area (Å²) in [5, 5.41) is 9.50. The van der Waals surface area contributed by atoms with Gasteiger partial charge in [-0.05, 0) is 43.1 Å². The Balaban J connectivity index is 1.74. The SMILES string of the molecule is CN(CC1CC2CCC1C2)c1nccc(C#N)c1Cl. The van der Waals surface area contributed by atoms with E-state index in [1.165, 1.54) is 25.7 Å². The van der Waals surface area contributed by atoms with Crippen LogP contribution in [0.5, 0.6) is 0 Å². The lowest BCUT2D eigenvalue weighted by Gasteiger charge is -2.28. The lowest BCUT2D eigenvalue weighted by molar-refractivity contribution is 0.337. The molecule has 0 spiro atoms. The molecule has 1 aromatic heterocycles. The molecule has 0 N–H and O–H groups in total. The molecule has 2 bridgehead atoms. The predicted molar refractivity (Wildman–Crippen MR) is 76.2 cm³/mol. The number of hydrogen-bond donors (Lipinski definition) is 0. The van der Waals surface area contributed by atoms with Gasteiger partial charge in [-0.1, -0.05) is 18.0 Å². The minimum atomic E-state index is 0.482. The highest BCUT2D eigenvalue weighted by Gasteiger charge is 2.39. The molecule has 0 radical (unpaired) electrons. The standard InChI is InChI=1S/C15H18ClN3/c1-19(9-13-7-10-2-3-11(13)6-10)15-14(16)12(8-17)4-5-18-15/h4-5,10-11,13H,2-3,6-7,9H2,1H3. The van der Waals surface area contributed by atoms with E-state index in [4.69, 9.17) is 16.9 Å². The molecule has 2 aliphatic carbocycles. The molecule has 3 nitrogen and oxygen atoms in total. The molecule has 3 rings (SSSR count). The van der Waals surface area contributed by atoms with Crippen LogP contribution in [0.15, 0.2) is 12.3 Å². The van der Waals surface area contributed by atoms with Crippen LogP contribution in [0.1, 0.15) is 31.2 Å². The molecular weight excluding hydrogens is 258 g/mol. The van der Waals surface area contributed by atoms with Gasteiger partial charge in [0.15, 0.2) is 0 Å². The highest BCUT2D eigenvalue weighted by molar-refractivity contribution is 6.34. The van der Waals surface area contributed by atoms with Crippen molar-refractivity contribution in [3.63, 3.8) is 0 Å². The van der Waals surface area contributed by atoms with Crippen molar-refractivity contribution < 1.29 is 0 Å². The average Bonchev–Trinajstić information content (AvgIpc) is 3.01. The van der Waals surface area contributed by atoms with Crippen LogP contribution in [0.3, 0.4) is 0 Å². The number of hydrogen-bond acceptors (Lipinski definition) is 3. The molecule has 0 amide bonds. The third-order valence-electron chi connectivity index (χ3n) is 4.75. The van der Waals surface area contributed by atoms with Gasteiger partial charge in [-0.25, -0.2) is 4.98 Å². The Morgan fingerprint density at radius 1 is 1.47 bits per heavy atom. The molecule has 19 heavy (non-hydrogen) atoms. The Hall–Kier alpha value is -1.27. The summed E-state index contributed by atoms with van der Waals surface area (Å²) < 4.78 is 0. The Morgan fingerprint density at radius 2 is 2.32 bits per heavy atom. The molecule has 3 unspecified atom stereocenters. The molecule has 0 aliphatic heterocycles. The molecule has 1 aromatic rings. The van der Waals surface area contributed by atoms with Crippen LogP contribution in [0.2, 0.25) is 5.02 Å². The van der Waals surface area contributed by atoms with Crippen molar-refractivity contribution in [1.82, 2.24) is 4.98 Å². The Morgan fingerprint density at radius 3 is 2.95 bits per heavy atom. The third-order valence-corrected chi connectivity index (χ3v) is 5.12. The molecule has 0 aromatic carbocycles. The van der Waals surface area contributed by atoms with Crippen molar-refractivity contribution in [1.29, 1.82) is 5.26 Å². The fourth-order valence-corrected chi connectivity index (χ4v) is 4.12. The van der Waals surface area contributed by atoms with E-state index in [9.17, 15) is 0 Å². The van der Waals surface area contributed by atoms with Gasteiger partial charge in [-0.3, -0.25) is 0 Å². The summed E-state index contributed by atoms with van der Waals surface area (Å²) in [7, 11) is 2.03. The number of anilines is 1. The molecule has 0 saturated heterocycles. The van der Waals surface area contributed by atoms with Crippen molar-refractivity contribution in [2.75, 3.05) is 18.5 Å². The van der Waals surface area contributed by atoms with Crippen molar-refractivity contribution in [3.8, 4) is 6.07 Å². The largest absolute Gasteiger partial charge is 0.358 e. The summed E-state index contributed by atoms with van der Waals surface area (Å²) in [6.45, 7) is 1.00. The van der Waals surface area contributed by atoms with E-state index in [0.717, 1.165) is 30.1 Å². The van der Waals surface area contributed by atoms with Crippen molar-refractivity contribution in [2.45, 2.75) is 25.7 Å². The normalized spacial score (nSPS) is 28.4. The summed E-state index contributed by atoms with van der Waals surface area (Å²) in [5.41, 5.74) is 0.506. The zero-order valence-corrected chi connectivity index (χ0v) is 11.9. The fourth-order valence-electron chi connectivity index (χ4n) is 3.82. The van der Waals surface area contributed by atoms with E-state index in [1.54, 1.807) is 12.3 Å². The highest BCUT2D eigenvalue weighted by Crippen LogP contribution is 2.48. The molecule has 4 heteroatoms.